The van der Waals surface area contributed by atoms with Gasteiger partial charge in [0.15, 0.2) is 0 Å². The van der Waals surface area contributed by atoms with Crippen LogP contribution in [0, 0.1) is 0 Å². The lowest BCUT2D eigenvalue weighted by atomic mass is 10.2. The summed E-state index contributed by atoms with van der Waals surface area (Å²) in [6.45, 7) is 3.43. The van der Waals surface area contributed by atoms with Gasteiger partial charge in [0, 0.05) is 5.56 Å². The zero-order valence-electron chi connectivity index (χ0n) is 15.4. The molecule has 144 valence electrons. The topological polar surface area (TPSA) is 115 Å². The van der Waals surface area contributed by atoms with Gasteiger partial charge in [-0.3, -0.25) is 25.2 Å². The molecule has 0 fully saturated rings. The van der Waals surface area contributed by atoms with Gasteiger partial charge < -0.3 is 4.74 Å². The van der Waals surface area contributed by atoms with Crippen molar-refractivity contribution in [3.8, 4) is 5.75 Å². The number of hydrogen-bond acceptors (Lipinski definition) is 6. The Kier molecular flexibility index (Phi) is 5.64. The van der Waals surface area contributed by atoms with Crippen molar-refractivity contribution in [1.82, 2.24) is 25.8 Å². The molecule has 0 aliphatic carbocycles. The average Bonchev–Trinajstić information content (AvgIpc) is 2.68. The summed E-state index contributed by atoms with van der Waals surface area (Å²) in [6.07, 6.45) is 0.0283. The zero-order valence-corrected chi connectivity index (χ0v) is 15.4. The Labute approximate surface area is 160 Å². The van der Waals surface area contributed by atoms with Crippen molar-refractivity contribution in [1.29, 1.82) is 0 Å². The number of fused-ring (bicyclic) bond motifs is 1. The second kappa shape index (κ2) is 8.30. The van der Waals surface area contributed by atoms with Crippen LogP contribution in [0.3, 0.4) is 0 Å². The van der Waals surface area contributed by atoms with Gasteiger partial charge in [0.2, 0.25) is 0 Å². The molecule has 1 heterocycles. The average molecular weight is 381 g/mol. The molecule has 9 heteroatoms. The number of nitrogens with zero attached hydrogens (tertiary/aromatic N) is 3. The number of benzene rings is 2. The fraction of sp³-hybridized carbons (Fsp3) is 0.211. The highest BCUT2D eigenvalue weighted by Crippen LogP contribution is 2.13. The molecule has 2 N–H and O–H groups in total. The molecule has 0 unspecified atom stereocenters. The summed E-state index contributed by atoms with van der Waals surface area (Å²) in [5, 5.41) is 7.99. The van der Waals surface area contributed by atoms with Gasteiger partial charge in [0.25, 0.3) is 17.4 Å². The number of carbonyl (C=O) groups excluding carboxylic acids is 2. The number of ether oxygens (including phenoxy) is 1. The molecule has 0 atom stereocenters. The predicted molar refractivity (Wildman–Crippen MR) is 102 cm³/mol. The Balaban J connectivity index is 1.59. The van der Waals surface area contributed by atoms with Crippen LogP contribution < -0.4 is 21.1 Å². The monoisotopic (exact) mass is 381 g/mol. The number of aromatic nitrogens is 3. The highest BCUT2D eigenvalue weighted by atomic mass is 16.5. The maximum Gasteiger partial charge on any atom is 0.278 e. The van der Waals surface area contributed by atoms with Crippen LogP contribution >= 0.6 is 0 Å². The van der Waals surface area contributed by atoms with Crippen LogP contribution in [0.5, 0.6) is 5.75 Å². The summed E-state index contributed by atoms with van der Waals surface area (Å²) in [5.74, 6) is -0.467. The predicted octanol–water partition coefficient (Wildman–Crippen LogP) is 1.04. The van der Waals surface area contributed by atoms with Gasteiger partial charge in [-0.1, -0.05) is 17.3 Å². The lowest BCUT2D eigenvalue weighted by Gasteiger charge is -2.11. The van der Waals surface area contributed by atoms with Gasteiger partial charge in [0.1, 0.15) is 17.8 Å². The number of nitrogens with one attached hydrogen (secondary N) is 2. The van der Waals surface area contributed by atoms with Crippen molar-refractivity contribution in [2.24, 2.45) is 0 Å². The van der Waals surface area contributed by atoms with Gasteiger partial charge >= 0.3 is 0 Å². The summed E-state index contributed by atoms with van der Waals surface area (Å²) >= 11 is 0. The molecule has 0 saturated carbocycles. The minimum atomic E-state index is -0.611. The van der Waals surface area contributed by atoms with Crippen molar-refractivity contribution < 1.29 is 14.3 Å². The molecular weight excluding hydrogens is 362 g/mol. The summed E-state index contributed by atoms with van der Waals surface area (Å²) in [7, 11) is 0. The van der Waals surface area contributed by atoms with Crippen LogP contribution in [-0.2, 0) is 11.3 Å². The second-order valence-corrected chi connectivity index (χ2v) is 6.26. The first-order chi connectivity index (χ1) is 13.4. The third-order valence-electron chi connectivity index (χ3n) is 3.73. The molecule has 28 heavy (non-hydrogen) atoms. The highest BCUT2D eigenvalue weighted by molar-refractivity contribution is 5.95. The standard InChI is InChI=1S/C19H19N5O4/c1-12(2)28-14-9-7-13(8-10-14)18(26)22-21-17(25)11-24-19(27)15-5-3-4-6-16(15)20-23-24/h3-10,12H,11H2,1-2H3,(H,21,25)(H,22,26). The SMILES string of the molecule is CC(C)Oc1ccc(C(=O)NNC(=O)Cn2nnc3ccccc3c2=O)cc1. The van der Waals surface area contributed by atoms with Crippen molar-refractivity contribution in [2.45, 2.75) is 26.5 Å². The molecule has 0 spiro atoms. The van der Waals surface area contributed by atoms with E-state index in [4.69, 9.17) is 4.74 Å². The Morgan fingerprint density at radius 3 is 2.50 bits per heavy atom. The highest BCUT2D eigenvalue weighted by Gasteiger charge is 2.11. The maximum absolute atomic E-state index is 12.3. The van der Waals surface area contributed by atoms with Crippen molar-refractivity contribution in [3.63, 3.8) is 0 Å². The van der Waals surface area contributed by atoms with Crippen LogP contribution in [0.25, 0.3) is 10.9 Å². The third-order valence-corrected chi connectivity index (χ3v) is 3.73. The fourth-order valence-corrected chi connectivity index (χ4v) is 2.46. The largest absolute Gasteiger partial charge is 0.491 e. The molecule has 0 aliphatic rings. The Bertz CT molecular complexity index is 1060. The van der Waals surface area contributed by atoms with E-state index in [1.807, 2.05) is 13.8 Å². The number of carbonyl (C=O) groups is 2. The van der Waals surface area contributed by atoms with Gasteiger partial charge in [-0.25, -0.2) is 4.68 Å². The van der Waals surface area contributed by atoms with Crippen LogP contribution in [0.15, 0.2) is 53.3 Å². The Hall–Kier alpha value is -3.75. The summed E-state index contributed by atoms with van der Waals surface area (Å²) < 4.78 is 6.44. The Morgan fingerprint density at radius 1 is 1.07 bits per heavy atom. The number of rotatable bonds is 5. The first-order valence-electron chi connectivity index (χ1n) is 8.62. The number of amides is 2. The first kappa shape index (κ1) is 19.0. The molecule has 0 bridgehead atoms. The maximum atomic E-state index is 12.3. The molecule has 2 aromatic carbocycles. The van der Waals surface area contributed by atoms with Crippen LogP contribution in [-0.4, -0.2) is 32.9 Å². The molecule has 3 rings (SSSR count). The second-order valence-electron chi connectivity index (χ2n) is 6.26. The minimum Gasteiger partial charge on any atom is -0.491 e. The van der Waals surface area contributed by atoms with E-state index in [-0.39, 0.29) is 12.6 Å². The quantitative estimate of drug-likeness (QED) is 0.638. The molecule has 1 aromatic heterocycles. The van der Waals surface area contributed by atoms with E-state index in [1.165, 1.54) is 0 Å². The lowest BCUT2D eigenvalue weighted by molar-refractivity contribution is -0.122. The van der Waals surface area contributed by atoms with E-state index in [0.29, 0.717) is 22.2 Å². The lowest BCUT2D eigenvalue weighted by Crippen LogP contribution is -2.44. The van der Waals surface area contributed by atoms with E-state index in [2.05, 4.69) is 21.2 Å². The summed E-state index contributed by atoms with van der Waals surface area (Å²) in [5.41, 5.74) is 4.90. The van der Waals surface area contributed by atoms with E-state index in [1.54, 1.807) is 48.5 Å². The Morgan fingerprint density at radius 2 is 1.79 bits per heavy atom. The number of hydrogen-bond donors (Lipinski definition) is 2. The van der Waals surface area contributed by atoms with Crippen molar-refractivity contribution >= 4 is 22.7 Å². The first-order valence-corrected chi connectivity index (χ1v) is 8.62. The van der Waals surface area contributed by atoms with Gasteiger partial charge in [-0.2, -0.15) is 0 Å². The molecule has 9 nitrogen and oxygen atoms in total. The van der Waals surface area contributed by atoms with Gasteiger partial charge in [-0.05, 0) is 50.2 Å². The van der Waals surface area contributed by atoms with E-state index >= 15 is 0 Å². The molecule has 0 aliphatic heterocycles. The smallest absolute Gasteiger partial charge is 0.278 e. The molecule has 3 aromatic rings. The summed E-state index contributed by atoms with van der Waals surface area (Å²) in [4.78, 5) is 36.5. The van der Waals surface area contributed by atoms with E-state index in [9.17, 15) is 14.4 Å². The molecule has 2 amide bonds. The number of hydrazine groups is 1. The van der Waals surface area contributed by atoms with Crippen LogP contribution in [0.2, 0.25) is 0 Å². The molecule has 0 radical (unpaired) electrons. The van der Waals surface area contributed by atoms with Crippen molar-refractivity contribution in [2.75, 3.05) is 0 Å². The zero-order chi connectivity index (χ0) is 20.1. The minimum absolute atomic E-state index is 0.0283. The van der Waals surface area contributed by atoms with Gasteiger partial charge in [0.05, 0.1) is 11.5 Å². The van der Waals surface area contributed by atoms with Crippen LogP contribution in [0.4, 0.5) is 0 Å². The van der Waals surface area contributed by atoms with Crippen LogP contribution in [0.1, 0.15) is 24.2 Å². The fourth-order valence-electron chi connectivity index (χ4n) is 2.46. The summed E-state index contributed by atoms with van der Waals surface area (Å²) in [6, 6.07) is 13.2. The molecule has 0 saturated heterocycles. The van der Waals surface area contributed by atoms with Gasteiger partial charge in [-0.15, -0.1) is 5.10 Å². The third kappa shape index (κ3) is 4.50. The van der Waals surface area contributed by atoms with E-state index < -0.39 is 17.4 Å². The normalized spacial score (nSPS) is 10.7. The van der Waals surface area contributed by atoms with E-state index in [0.717, 1.165) is 4.68 Å². The van der Waals surface area contributed by atoms with Crippen molar-refractivity contribution in [3.05, 3.63) is 64.4 Å². The molecular formula is C19H19N5O4.